The summed E-state index contributed by atoms with van der Waals surface area (Å²) in [5.74, 6) is -0.396. The molecule has 21 heavy (non-hydrogen) atoms. The van der Waals surface area contributed by atoms with Gasteiger partial charge in [0.2, 0.25) is 0 Å². The van der Waals surface area contributed by atoms with Crippen LogP contribution < -0.4 is 10.6 Å². The molecule has 0 heterocycles. The third-order valence-electron chi connectivity index (χ3n) is 2.25. The topological polar surface area (TPSA) is 41.1 Å². The molecule has 0 aliphatic carbocycles. The quantitative estimate of drug-likeness (QED) is 0.764. The van der Waals surface area contributed by atoms with Crippen molar-refractivity contribution in [3.8, 4) is 0 Å². The second kappa shape index (κ2) is 5.79. The molecule has 0 spiro atoms. The summed E-state index contributed by atoms with van der Waals surface area (Å²) in [7, 11) is 0. The molecule has 0 saturated heterocycles. The van der Waals surface area contributed by atoms with Gasteiger partial charge in [0.25, 0.3) is 0 Å². The van der Waals surface area contributed by atoms with Crippen LogP contribution in [0.25, 0.3) is 0 Å². The van der Waals surface area contributed by atoms with E-state index < -0.39 is 42.6 Å². The molecule has 0 aliphatic heterocycles. The van der Waals surface area contributed by atoms with Crippen LogP contribution in [0.2, 0.25) is 0 Å². The maximum Gasteiger partial charge on any atom is 0.429 e. The first kappa shape index (κ1) is 19.6. The number of nitrogens with one attached hydrogen (secondary N) is 2. The minimum Gasteiger partial charge on any atom is -0.338 e. The zero-order chi connectivity index (χ0) is 17.3. The first-order valence-electron chi connectivity index (χ1n) is 5.32. The molecule has 126 valence electrons. The van der Waals surface area contributed by atoms with Crippen molar-refractivity contribution in [3.05, 3.63) is 0 Å². The fourth-order valence-corrected chi connectivity index (χ4v) is 1.21. The highest BCUT2D eigenvalue weighted by Gasteiger charge is 2.84. The molecule has 0 rings (SSSR count). The fourth-order valence-electron chi connectivity index (χ4n) is 1.21. The van der Waals surface area contributed by atoms with Crippen molar-refractivity contribution < 1.29 is 44.3 Å². The molecule has 0 aliphatic rings. The first-order valence-corrected chi connectivity index (χ1v) is 5.32. The van der Waals surface area contributed by atoms with Crippen LogP contribution in [-0.4, -0.2) is 36.6 Å². The molecule has 0 aromatic rings. The number of halogens is 9. The third kappa shape index (κ3) is 4.06. The summed E-state index contributed by atoms with van der Waals surface area (Å²) in [6.07, 6.45) is -20.5. The summed E-state index contributed by atoms with van der Waals surface area (Å²) in [6, 6.07) is -2.23. The predicted octanol–water partition coefficient (Wildman–Crippen LogP) is 3.37. The fraction of sp³-hybridized carbons (Fsp3) is 0.889. The lowest BCUT2D eigenvalue weighted by molar-refractivity contribution is -0.386. The largest absolute Gasteiger partial charge is 0.429 e. The summed E-state index contributed by atoms with van der Waals surface area (Å²) < 4.78 is 112. The van der Waals surface area contributed by atoms with Crippen LogP contribution in [0.3, 0.4) is 0 Å². The second-order valence-electron chi connectivity index (χ2n) is 4.47. The monoisotopic (exact) mass is 334 g/mol. The molecule has 0 fully saturated rings. The van der Waals surface area contributed by atoms with E-state index in [4.69, 9.17) is 0 Å². The van der Waals surface area contributed by atoms with Crippen LogP contribution in [0, 0.1) is 5.92 Å². The van der Waals surface area contributed by atoms with Gasteiger partial charge in [-0.05, 0) is 5.92 Å². The number of carbonyl (C=O) groups is 1. The van der Waals surface area contributed by atoms with E-state index in [-0.39, 0.29) is 5.32 Å². The normalized spacial score (nSPS) is 14.3. The van der Waals surface area contributed by atoms with Crippen LogP contribution in [0.15, 0.2) is 0 Å². The van der Waals surface area contributed by atoms with Gasteiger partial charge < -0.3 is 10.6 Å². The second-order valence-corrected chi connectivity index (χ2v) is 4.47. The van der Waals surface area contributed by atoms with E-state index in [1.807, 2.05) is 0 Å². The van der Waals surface area contributed by atoms with E-state index in [1.165, 1.54) is 19.2 Å². The molecule has 0 unspecified atom stereocenters. The van der Waals surface area contributed by atoms with Crippen LogP contribution in [-0.2, 0) is 0 Å². The number of hydrogen-bond acceptors (Lipinski definition) is 1. The highest BCUT2D eigenvalue weighted by atomic mass is 19.4. The van der Waals surface area contributed by atoms with E-state index in [2.05, 4.69) is 0 Å². The molecule has 12 heteroatoms. The van der Waals surface area contributed by atoms with E-state index in [0.717, 1.165) is 0 Å². The summed E-state index contributed by atoms with van der Waals surface area (Å²) >= 11 is 0. The van der Waals surface area contributed by atoms with Crippen molar-refractivity contribution >= 4 is 6.03 Å². The zero-order valence-corrected chi connectivity index (χ0v) is 10.6. The van der Waals surface area contributed by atoms with Gasteiger partial charge >= 0.3 is 30.1 Å². The van der Waals surface area contributed by atoms with Crippen molar-refractivity contribution in [1.82, 2.24) is 10.6 Å². The van der Waals surface area contributed by atoms with Gasteiger partial charge in [-0.3, -0.25) is 0 Å². The van der Waals surface area contributed by atoms with E-state index in [9.17, 15) is 44.3 Å². The molecular formula is C9H11F9N2O. The van der Waals surface area contributed by atoms with Crippen molar-refractivity contribution in [3.63, 3.8) is 0 Å². The summed E-state index contributed by atoms with van der Waals surface area (Å²) in [5, 5.41) is 1.48. The van der Waals surface area contributed by atoms with Crippen molar-refractivity contribution in [2.75, 3.05) is 6.54 Å². The maximum absolute atomic E-state index is 12.4. The van der Waals surface area contributed by atoms with Gasteiger partial charge in [0.15, 0.2) is 0 Å². The standard InChI is InChI=1S/C9H11F9N2O/c1-4(2)3-19-5(21)20-6(7(10,11)12,8(13,14)15)9(16,17)18/h4H,3H2,1-2H3,(H2,19,20,21). The number of amides is 2. The third-order valence-corrected chi connectivity index (χ3v) is 2.25. The van der Waals surface area contributed by atoms with Gasteiger partial charge in [-0.2, -0.15) is 39.5 Å². The lowest BCUT2D eigenvalue weighted by Crippen LogP contribution is -2.76. The van der Waals surface area contributed by atoms with Gasteiger partial charge in [-0.1, -0.05) is 13.8 Å². The lowest BCUT2D eigenvalue weighted by atomic mass is 9.97. The molecule has 0 bridgehead atoms. The molecule has 0 atom stereocenters. The van der Waals surface area contributed by atoms with Crippen LogP contribution in [0.4, 0.5) is 44.3 Å². The van der Waals surface area contributed by atoms with Crippen molar-refractivity contribution in [2.24, 2.45) is 5.92 Å². The number of hydrogen-bond donors (Lipinski definition) is 2. The summed E-state index contributed by atoms with van der Waals surface area (Å²) in [5.41, 5.74) is -6.34. The van der Waals surface area contributed by atoms with Crippen LogP contribution in [0.1, 0.15) is 13.8 Å². The molecule has 3 nitrogen and oxygen atoms in total. The number of urea groups is 1. The Morgan fingerprint density at radius 2 is 1.19 bits per heavy atom. The summed E-state index contributed by atoms with van der Waals surface area (Å²) in [4.78, 5) is 11.0. The number of carbonyl (C=O) groups excluding carboxylic acids is 1. The molecule has 0 aromatic heterocycles. The average molecular weight is 334 g/mol. The van der Waals surface area contributed by atoms with Gasteiger partial charge in [-0.25, -0.2) is 4.79 Å². The Hall–Kier alpha value is -1.36. The molecule has 0 saturated carbocycles. The predicted molar refractivity (Wildman–Crippen MR) is 52.3 cm³/mol. The average Bonchev–Trinajstić information content (AvgIpc) is 2.17. The number of rotatable bonds is 3. The maximum atomic E-state index is 12.4. The number of alkyl halides is 9. The summed E-state index contributed by atoms with van der Waals surface area (Å²) in [6.45, 7) is 2.46. The van der Waals surface area contributed by atoms with Gasteiger partial charge in [-0.15, -0.1) is 0 Å². The van der Waals surface area contributed by atoms with Crippen LogP contribution >= 0.6 is 0 Å². The van der Waals surface area contributed by atoms with Crippen molar-refractivity contribution in [1.29, 1.82) is 0 Å². The highest BCUT2D eigenvalue weighted by Crippen LogP contribution is 2.52. The molecule has 2 N–H and O–H groups in total. The first-order chi connectivity index (χ1) is 9.06. The lowest BCUT2D eigenvalue weighted by Gasteiger charge is -2.38. The molecule has 0 aromatic carbocycles. The molecule has 0 radical (unpaired) electrons. The zero-order valence-electron chi connectivity index (χ0n) is 10.6. The van der Waals surface area contributed by atoms with E-state index >= 15 is 0 Å². The van der Waals surface area contributed by atoms with Crippen LogP contribution in [0.5, 0.6) is 0 Å². The molecular weight excluding hydrogens is 323 g/mol. The van der Waals surface area contributed by atoms with Crippen molar-refractivity contribution in [2.45, 2.75) is 37.9 Å². The Morgan fingerprint density at radius 3 is 1.43 bits per heavy atom. The van der Waals surface area contributed by atoms with Gasteiger partial charge in [0, 0.05) is 6.54 Å². The minimum absolute atomic E-state index is 0.0193. The van der Waals surface area contributed by atoms with E-state index in [1.54, 1.807) is 0 Å². The van der Waals surface area contributed by atoms with E-state index in [0.29, 0.717) is 0 Å². The highest BCUT2D eigenvalue weighted by molar-refractivity contribution is 5.75. The Balaban J connectivity index is 5.68. The van der Waals surface area contributed by atoms with Gasteiger partial charge in [0.1, 0.15) is 0 Å². The minimum atomic E-state index is -6.82. The Kier molecular flexibility index (Phi) is 5.42. The molecule has 2 amide bonds. The van der Waals surface area contributed by atoms with Gasteiger partial charge in [0.05, 0.1) is 0 Å². The Labute approximate surface area is 112 Å². The smallest absolute Gasteiger partial charge is 0.338 e. The SMILES string of the molecule is CC(C)CNC(=O)NC(C(F)(F)F)(C(F)(F)F)C(F)(F)F. The Bertz CT molecular complexity index is 333. The Morgan fingerprint density at radius 1 is 0.857 bits per heavy atom.